The Morgan fingerprint density at radius 2 is 0.379 bits per heavy atom. The molecule has 0 atom stereocenters. The van der Waals surface area contributed by atoms with Gasteiger partial charge in [0.15, 0.2) is 0 Å². The van der Waals surface area contributed by atoms with E-state index in [1.54, 1.807) is 72.8 Å². The van der Waals surface area contributed by atoms with E-state index < -0.39 is 0 Å². The van der Waals surface area contributed by atoms with E-state index in [0.717, 1.165) is 73.2 Å². The molecule has 12 aromatic rings. The predicted octanol–water partition coefficient (Wildman–Crippen LogP) is 19.8. The number of phenols is 16. The molecule has 0 radical (unpaired) electrons. The van der Waals surface area contributed by atoms with Crippen molar-refractivity contribution in [3.05, 3.63) is 332 Å². The number of rotatable bonds is 2. The average molecular weight is 1400 g/mol. The first-order valence-corrected chi connectivity index (χ1v) is 32.5. The standard InChI is InChI=1S/C15H16O2.6C8H10O.4C6H6O2/c1-10-7-14(16)5-3-12(10)9-13-4-6-15(17)8-11(13)2;2*1-6-3-4-8(9)5-7(6)2;2*1-6-3-4-7(2)8(9)5-6;2*1-6-4-3-5-8(9)7(6)2;4*7-5-1-2-6(8)4-3-5/h3-8,16-17H,9H2,1-2H3;6*3-5,9H,1-2H3;4*1-4,7-8H. The zero-order chi connectivity index (χ0) is 77.5. The Kier molecular flexibility index (Phi) is 38.0. The van der Waals surface area contributed by atoms with E-state index in [-0.39, 0.29) is 46.0 Å². The number of hydrogen-bond acceptors (Lipinski definition) is 16. The third-order valence-electron chi connectivity index (χ3n) is 15.3. The van der Waals surface area contributed by atoms with Gasteiger partial charge in [0.2, 0.25) is 0 Å². The van der Waals surface area contributed by atoms with Crippen molar-refractivity contribution in [1.82, 2.24) is 0 Å². The molecule has 12 aromatic carbocycles. The molecular formula is C87H100O16. The number of aromatic hydroxyl groups is 16. The summed E-state index contributed by atoms with van der Waals surface area (Å²) in [6.45, 7) is 27.4. The van der Waals surface area contributed by atoms with Gasteiger partial charge in [-0.3, -0.25) is 0 Å². The summed E-state index contributed by atoms with van der Waals surface area (Å²) in [5.74, 6) is 4.18. The second kappa shape index (κ2) is 45.2. The van der Waals surface area contributed by atoms with E-state index in [4.69, 9.17) is 71.5 Å². The van der Waals surface area contributed by atoms with Crippen LogP contribution in [0, 0.1) is 96.9 Å². The van der Waals surface area contributed by atoms with Crippen LogP contribution >= 0.6 is 0 Å². The SMILES string of the molecule is Cc1cc(O)ccc1Cc1ccc(O)cc1C.Cc1ccc(C)c(O)c1.Cc1ccc(C)c(O)c1.Cc1ccc(O)cc1C.Cc1ccc(O)cc1C.Cc1cccc(O)c1C.Cc1cccc(O)c1C.Oc1ccc(O)cc1.Oc1ccc(O)cc1.Oc1ccc(O)cc1.Oc1ccc(O)cc1. The highest BCUT2D eigenvalue weighted by molar-refractivity contribution is 5.43. The normalized spacial score (nSPS) is 9.53. The van der Waals surface area contributed by atoms with Gasteiger partial charge in [-0.15, -0.1) is 0 Å². The summed E-state index contributed by atoms with van der Waals surface area (Å²) >= 11 is 0. The fourth-order valence-corrected chi connectivity index (χ4v) is 8.13. The molecule has 544 valence electrons. The summed E-state index contributed by atoms with van der Waals surface area (Å²) in [6, 6.07) is 66.7. The molecule has 0 saturated heterocycles. The van der Waals surface area contributed by atoms with Gasteiger partial charge in [0.05, 0.1) is 0 Å². The fourth-order valence-electron chi connectivity index (χ4n) is 8.13. The quantitative estimate of drug-likeness (QED) is 0.0715. The van der Waals surface area contributed by atoms with E-state index in [0.29, 0.717) is 46.0 Å². The number of benzene rings is 12. The van der Waals surface area contributed by atoms with Crippen LogP contribution in [-0.4, -0.2) is 81.7 Å². The highest BCUT2D eigenvalue weighted by Gasteiger charge is 2.05. The molecule has 0 heterocycles. The second-order valence-electron chi connectivity index (χ2n) is 24.0. The molecule has 0 bridgehead atoms. The summed E-state index contributed by atoms with van der Waals surface area (Å²) in [7, 11) is 0. The summed E-state index contributed by atoms with van der Waals surface area (Å²) in [5, 5.41) is 142. The van der Waals surface area contributed by atoms with Gasteiger partial charge in [-0.25, -0.2) is 0 Å². The van der Waals surface area contributed by atoms with Crippen LogP contribution in [0.25, 0.3) is 0 Å². The Bertz CT molecular complexity index is 3860. The van der Waals surface area contributed by atoms with Crippen LogP contribution in [-0.2, 0) is 6.42 Å². The van der Waals surface area contributed by atoms with Crippen molar-refractivity contribution in [2.24, 2.45) is 0 Å². The molecule has 0 spiro atoms. The Morgan fingerprint density at radius 1 is 0.165 bits per heavy atom. The van der Waals surface area contributed by atoms with E-state index >= 15 is 0 Å². The number of phenolic OH excluding ortho intramolecular Hbond substituents is 16. The van der Waals surface area contributed by atoms with Gasteiger partial charge in [-0.2, -0.15) is 0 Å². The summed E-state index contributed by atoms with van der Waals surface area (Å²) in [5.41, 5.74) is 17.5. The van der Waals surface area contributed by atoms with E-state index in [2.05, 4.69) is 0 Å². The molecule has 0 saturated carbocycles. The van der Waals surface area contributed by atoms with Crippen LogP contribution in [0.15, 0.2) is 243 Å². The van der Waals surface area contributed by atoms with Gasteiger partial charge < -0.3 is 81.7 Å². The molecule has 0 aliphatic heterocycles. The van der Waals surface area contributed by atoms with Gasteiger partial charge in [-0.05, 0) is 362 Å². The summed E-state index contributed by atoms with van der Waals surface area (Å²) in [6.07, 6.45) is 0.818. The summed E-state index contributed by atoms with van der Waals surface area (Å²) < 4.78 is 0. The van der Waals surface area contributed by atoms with Crippen molar-refractivity contribution < 1.29 is 81.7 Å². The van der Waals surface area contributed by atoms with Crippen LogP contribution in [0.2, 0.25) is 0 Å². The smallest absolute Gasteiger partial charge is 0.118 e. The van der Waals surface area contributed by atoms with Gasteiger partial charge in [0.1, 0.15) is 92.0 Å². The zero-order valence-electron chi connectivity index (χ0n) is 61.0. The van der Waals surface area contributed by atoms with Crippen molar-refractivity contribution in [2.45, 2.75) is 103 Å². The molecule has 16 nitrogen and oxygen atoms in total. The number of aryl methyl sites for hydroxylation is 12. The highest BCUT2D eigenvalue weighted by Crippen LogP contribution is 2.25. The monoisotopic (exact) mass is 1400 g/mol. The first kappa shape index (κ1) is 86.5. The first-order chi connectivity index (χ1) is 48.4. The van der Waals surface area contributed by atoms with Crippen LogP contribution in [0.1, 0.15) is 89.0 Å². The van der Waals surface area contributed by atoms with Gasteiger partial charge in [0.25, 0.3) is 0 Å². The van der Waals surface area contributed by atoms with Crippen LogP contribution in [0.3, 0.4) is 0 Å². The van der Waals surface area contributed by atoms with Crippen LogP contribution < -0.4 is 0 Å². The third-order valence-corrected chi connectivity index (χ3v) is 15.3. The topological polar surface area (TPSA) is 324 Å². The molecule has 16 heteroatoms. The predicted molar refractivity (Wildman–Crippen MR) is 413 cm³/mol. The lowest BCUT2D eigenvalue weighted by molar-refractivity contribution is 0.460. The molecule has 0 unspecified atom stereocenters. The van der Waals surface area contributed by atoms with Crippen molar-refractivity contribution in [3.63, 3.8) is 0 Å². The Morgan fingerprint density at radius 3 is 0.563 bits per heavy atom. The molecule has 12 rings (SSSR count). The largest absolute Gasteiger partial charge is 0.508 e. The maximum atomic E-state index is 9.36. The van der Waals surface area contributed by atoms with Gasteiger partial charge in [-0.1, -0.05) is 72.8 Å². The van der Waals surface area contributed by atoms with Crippen molar-refractivity contribution >= 4 is 0 Å². The maximum absolute atomic E-state index is 9.36. The fraction of sp³-hybridized carbons (Fsp3) is 0.172. The molecule has 0 amide bonds. The van der Waals surface area contributed by atoms with Crippen LogP contribution in [0.5, 0.6) is 92.0 Å². The second-order valence-corrected chi connectivity index (χ2v) is 24.0. The molecule has 0 aromatic heterocycles. The van der Waals surface area contributed by atoms with E-state index in [9.17, 15) is 10.2 Å². The molecule has 16 N–H and O–H groups in total. The van der Waals surface area contributed by atoms with Gasteiger partial charge >= 0.3 is 0 Å². The maximum Gasteiger partial charge on any atom is 0.118 e. The average Bonchev–Trinajstić information content (AvgIpc) is 0.848. The molecule has 103 heavy (non-hydrogen) atoms. The molecule has 0 aliphatic carbocycles. The van der Waals surface area contributed by atoms with E-state index in [1.807, 2.05) is 170 Å². The lowest BCUT2D eigenvalue weighted by Gasteiger charge is -2.09. The minimum atomic E-state index is 0.169. The van der Waals surface area contributed by atoms with Gasteiger partial charge in [0, 0.05) is 0 Å². The molecule has 0 fully saturated rings. The molecule has 0 aliphatic rings. The highest BCUT2D eigenvalue weighted by atomic mass is 16.3. The Labute approximate surface area is 605 Å². The first-order valence-electron chi connectivity index (χ1n) is 32.5. The third kappa shape index (κ3) is 36.2. The van der Waals surface area contributed by atoms with Crippen molar-refractivity contribution in [1.29, 1.82) is 0 Å². The lowest BCUT2D eigenvalue weighted by atomic mass is 9.97. The van der Waals surface area contributed by atoms with E-state index in [1.165, 1.54) is 119 Å². The Balaban J connectivity index is 0.000000388. The van der Waals surface area contributed by atoms with Crippen molar-refractivity contribution in [2.75, 3.05) is 0 Å². The van der Waals surface area contributed by atoms with Crippen LogP contribution in [0.4, 0.5) is 0 Å². The Hall–Kier alpha value is -12.6. The molecular weight excluding hydrogens is 1300 g/mol. The summed E-state index contributed by atoms with van der Waals surface area (Å²) in [4.78, 5) is 0. The lowest BCUT2D eigenvalue weighted by Crippen LogP contribution is -1.94. The minimum Gasteiger partial charge on any atom is -0.508 e. The van der Waals surface area contributed by atoms with Crippen molar-refractivity contribution in [3.8, 4) is 92.0 Å². The number of hydrogen-bond donors (Lipinski definition) is 16. The zero-order valence-corrected chi connectivity index (χ0v) is 61.0. The minimum absolute atomic E-state index is 0.169.